The van der Waals surface area contributed by atoms with Crippen molar-refractivity contribution in [3.63, 3.8) is 0 Å². The Bertz CT molecular complexity index is 1260. The Morgan fingerprint density at radius 2 is 1.61 bits per heavy atom. The molecule has 188 valence electrons. The van der Waals surface area contributed by atoms with Gasteiger partial charge in [0.1, 0.15) is 0 Å². The summed E-state index contributed by atoms with van der Waals surface area (Å²) in [5.41, 5.74) is 1.71. The van der Waals surface area contributed by atoms with Gasteiger partial charge in [-0.2, -0.15) is 0 Å². The molecular formula is C27H25Cl3N2O4. The van der Waals surface area contributed by atoms with E-state index in [1.807, 2.05) is 12.1 Å². The fourth-order valence-corrected chi connectivity index (χ4v) is 5.24. The molecule has 0 bridgehead atoms. The molecule has 0 spiro atoms. The van der Waals surface area contributed by atoms with Gasteiger partial charge in [-0.05, 0) is 60.5 Å². The Morgan fingerprint density at radius 3 is 2.28 bits per heavy atom. The van der Waals surface area contributed by atoms with E-state index in [-0.39, 0.29) is 23.8 Å². The molecule has 2 unspecified atom stereocenters. The Morgan fingerprint density at radius 1 is 0.917 bits per heavy atom. The second kappa shape index (κ2) is 11.4. The van der Waals surface area contributed by atoms with Crippen LogP contribution in [0.25, 0.3) is 0 Å². The van der Waals surface area contributed by atoms with Crippen LogP contribution in [0.15, 0.2) is 60.7 Å². The molecule has 1 heterocycles. The van der Waals surface area contributed by atoms with Crippen molar-refractivity contribution in [3.05, 3.63) is 92.4 Å². The van der Waals surface area contributed by atoms with E-state index in [1.54, 1.807) is 60.5 Å². The van der Waals surface area contributed by atoms with E-state index in [1.165, 1.54) is 7.11 Å². The van der Waals surface area contributed by atoms with Gasteiger partial charge in [0, 0.05) is 40.7 Å². The third-order valence-corrected chi connectivity index (χ3v) is 7.04. The maximum Gasteiger partial charge on any atom is 0.254 e. The van der Waals surface area contributed by atoms with Gasteiger partial charge >= 0.3 is 0 Å². The molecule has 6 nitrogen and oxygen atoms in total. The molecule has 0 radical (unpaired) electrons. The van der Waals surface area contributed by atoms with E-state index < -0.39 is 0 Å². The number of carbonyl (C=O) groups is 2. The van der Waals surface area contributed by atoms with Crippen LogP contribution in [0.2, 0.25) is 15.1 Å². The largest absolute Gasteiger partial charge is 0.493 e. The molecule has 4 rings (SSSR count). The normalized spacial score (nSPS) is 17.4. The van der Waals surface area contributed by atoms with Gasteiger partial charge in [0.05, 0.1) is 24.8 Å². The minimum absolute atomic E-state index is 0.148. The van der Waals surface area contributed by atoms with Gasteiger partial charge in [0.15, 0.2) is 11.5 Å². The van der Waals surface area contributed by atoms with Crippen LogP contribution in [0.3, 0.4) is 0 Å². The Kier molecular flexibility index (Phi) is 8.29. The second-order valence-electron chi connectivity index (χ2n) is 8.48. The van der Waals surface area contributed by atoms with Crippen LogP contribution < -0.4 is 14.8 Å². The molecule has 36 heavy (non-hydrogen) atoms. The molecule has 1 aliphatic rings. The van der Waals surface area contributed by atoms with Crippen LogP contribution in [0.4, 0.5) is 0 Å². The number of benzene rings is 3. The predicted octanol–water partition coefficient (Wildman–Crippen LogP) is 6.09. The number of nitrogens with zero attached hydrogens (tertiary/aromatic N) is 1. The van der Waals surface area contributed by atoms with E-state index in [0.29, 0.717) is 57.2 Å². The third-order valence-electron chi connectivity index (χ3n) is 6.28. The van der Waals surface area contributed by atoms with Crippen molar-refractivity contribution in [2.24, 2.45) is 0 Å². The molecule has 2 atom stereocenters. The zero-order valence-electron chi connectivity index (χ0n) is 19.8. The summed E-state index contributed by atoms with van der Waals surface area (Å²) in [7, 11) is 3.07. The van der Waals surface area contributed by atoms with Crippen LogP contribution in [0.5, 0.6) is 11.5 Å². The number of piperidine rings is 1. The lowest BCUT2D eigenvalue weighted by atomic mass is 9.85. The van der Waals surface area contributed by atoms with E-state index >= 15 is 0 Å². The van der Waals surface area contributed by atoms with E-state index in [2.05, 4.69) is 5.32 Å². The highest BCUT2D eigenvalue weighted by Crippen LogP contribution is 2.34. The first-order valence-electron chi connectivity index (χ1n) is 11.3. The van der Waals surface area contributed by atoms with Crippen molar-refractivity contribution in [1.82, 2.24) is 10.2 Å². The zero-order chi connectivity index (χ0) is 25.8. The minimum atomic E-state index is -0.275. The van der Waals surface area contributed by atoms with Crippen LogP contribution >= 0.6 is 34.8 Å². The smallest absolute Gasteiger partial charge is 0.254 e. The Balaban J connectivity index is 1.62. The summed E-state index contributed by atoms with van der Waals surface area (Å²) in [6, 6.07) is 17.0. The van der Waals surface area contributed by atoms with Crippen molar-refractivity contribution in [1.29, 1.82) is 0 Å². The molecule has 1 saturated heterocycles. The van der Waals surface area contributed by atoms with Gasteiger partial charge in [-0.25, -0.2) is 0 Å². The van der Waals surface area contributed by atoms with Gasteiger partial charge in [-0.3, -0.25) is 9.59 Å². The highest BCUT2D eigenvalue weighted by Gasteiger charge is 2.35. The van der Waals surface area contributed by atoms with Crippen LogP contribution in [0, 0.1) is 0 Å². The topological polar surface area (TPSA) is 67.9 Å². The number of methoxy groups -OCH3 is 2. The third kappa shape index (κ3) is 5.72. The van der Waals surface area contributed by atoms with Gasteiger partial charge in [0.2, 0.25) is 0 Å². The molecule has 0 aliphatic carbocycles. The van der Waals surface area contributed by atoms with E-state index in [4.69, 9.17) is 44.3 Å². The molecule has 9 heteroatoms. The minimum Gasteiger partial charge on any atom is -0.493 e. The Hall–Kier alpha value is -2.93. The summed E-state index contributed by atoms with van der Waals surface area (Å²) in [6.45, 7) is 0.808. The lowest BCUT2D eigenvalue weighted by Crippen LogP contribution is -2.51. The lowest BCUT2D eigenvalue weighted by molar-refractivity contribution is 0.0671. The maximum atomic E-state index is 13.4. The number of hydrogen-bond donors (Lipinski definition) is 1. The van der Waals surface area contributed by atoms with E-state index in [9.17, 15) is 9.59 Å². The monoisotopic (exact) mass is 546 g/mol. The molecule has 2 amide bonds. The first-order valence-corrected chi connectivity index (χ1v) is 12.5. The molecule has 1 aliphatic heterocycles. The van der Waals surface area contributed by atoms with Crippen molar-refractivity contribution in [2.45, 2.75) is 18.4 Å². The fraction of sp³-hybridized carbons (Fsp3) is 0.259. The number of carbonyl (C=O) groups excluding carboxylic acids is 2. The van der Waals surface area contributed by atoms with E-state index in [0.717, 1.165) is 5.56 Å². The average molecular weight is 548 g/mol. The summed E-state index contributed by atoms with van der Waals surface area (Å²) in [6.07, 6.45) is 0.532. The molecule has 3 aromatic carbocycles. The number of likely N-dealkylation sites (tertiary alicyclic amines) is 1. The number of halogens is 3. The molecule has 1 fully saturated rings. The summed E-state index contributed by atoms with van der Waals surface area (Å²) in [5.74, 6) is 0.351. The lowest BCUT2D eigenvalue weighted by Gasteiger charge is -2.39. The summed E-state index contributed by atoms with van der Waals surface area (Å²) in [4.78, 5) is 28.3. The number of rotatable bonds is 6. The zero-order valence-corrected chi connectivity index (χ0v) is 22.0. The number of hydrogen-bond acceptors (Lipinski definition) is 4. The van der Waals surface area contributed by atoms with Gasteiger partial charge < -0.3 is 19.7 Å². The summed E-state index contributed by atoms with van der Waals surface area (Å²) in [5, 5.41) is 4.45. The van der Waals surface area contributed by atoms with Crippen LogP contribution in [-0.4, -0.2) is 50.1 Å². The number of amides is 2. The van der Waals surface area contributed by atoms with Gasteiger partial charge in [-0.15, -0.1) is 0 Å². The standard InChI is InChI=1S/C27H25Cl3N2O4/c1-35-24-8-7-16(13-25(24)36-2)27(34)32-10-9-23(31-26(33)20-5-3-4-6-22(20)30)21(15-32)17-11-18(28)14-19(29)12-17/h3-8,11-14,21,23H,9-10,15H2,1-2H3,(H,31,33). The first-order chi connectivity index (χ1) is 17.3. The predicted molar refractivity (Wildman–Crippen MR) is 142 cm³/mol. The van der Waals surface area contributed by atoms with Crippen molar-refractivity contribution >= 4 is 46.6 Å². The van der Waals surface area contributed by atoms with Crippen LogP contribution in [-0.2, 0) is 0 Å². The van der Waals surface area contributed by atoms with Gasteiger partial charge in [0.25, 0.3) is 11.8 Å². The van der Waals surface area contributed by atoms with Crippen molar-refractivity contribution < 1.29 is 19.1 Å². The Labute approximate surface area is 225 Å². The van der Waals surface area contributed by atoms with Gasteiger partial charge in [-0.1, -0.05) is 46.9 Å². The quantitative estimate of drug-likeness (QED) is 0.405. The molecule has 3 aromatic rings. The second-order valence-corrected chi connectivity index (χ2v) is 9.76. The first kappa shape index (κ1) is 26.1. The maximum absolute atomic E-state index is 13.4. The fourth-order valence-electron chi connectivity index (χ4n) is 4.48. The average Bonchev–Trinajstić information content (AvgIpc) is 2.87. The molecule has 1 N–H and O–H groups in total. The SMILES string of the molecule is COc1ccc(C(=O)N2CCC(NC(=O)c3ccccc3Cl)C(c3cc(Cl)cc(Cl)c3)C2)cc1OC. The number of ether oxygens (including phenoxy) is 2. The molecule has 0 saturated carbocycles. The summed E-state index contributed by atoms with van der Waals surface area (Å²) < 4.78 is 10.6. The molecular weight excluding hydrogens is 523 g/mol. The molecule has 0 aromatic heterocycles. The highest BCUT2D eigenvalue weighted by atomic mass is 35.5. The highest BCUT2D eigenvalue weighted by molar-refractivity contribution is 6.34. The van der Waals surface area contributed by atoms with Crippen LogP contribution in [0.1, 0.15) is 38.6 Å². The summed E-state index contributed by atoms with van der Waals surface area (Å²) >= 11 is 18.8. The number of nitrogens with one attached hydrogen (secondary N) is 1. The van der Waals surface area contributed by atoms with Crippen molar-refractivity contribution in [2.75, 3.05) is 27.3 Å². The van der Waals surface area contributed by atoms with Crippen molar-refractivity contribution in [3.8, 4) is 11.5 Å².